The van der Waals surface area contributed by atoms with Crippen LogP contribution in [0.3, 0.4) is 0 Å². The van der Waals surface area contributed by atoms with Crippen molar-refractivity contribution in [1.29, 1.82) is 0 Å². The van der Waals surface area contributed by atoms with E-state index in [-0.39, 0.29) is 5.75 Å². The van der Waals surface area contributed by atoms with Crippen molar-refractivity contribution in [3.8, 4) is 5.75 Å². The van der Waals surface area contributed by atoms with Crippen LogP contribution in [0.25, 0.3) is 10.8 Å². The fourth-order valence-corrected chi connectivity index (χ4v) is 2.29. The summed E-state index contributed by atoms with van der Waals surface area (Å²) in [4.78, 5) is 0. The van der Waals surface area contributed by atoms with E-state index < -0.39 is 0 Å². The molecule has 0 heterocycles. The third-order valence-electron chi connectivity index (χ3n) is 3.51. The van der Waals surface area contributed by atoms with E-state index in [9.17, 15) is 5.11 Å². The van der Waals surface area contributed by atoms with Crippen LogP contribution in [-0.4, -0.2) is 5.11 Å². The molecule has 0 unspecified atom stereocenters. The Labute approximate surface area is 123 Å². The topological polar surface area (TPSA) is 45.0 Å². The predicted octanol–water partition coefficient (Wildman–Crippen LogP) is 5.58. The van der Waals surface area contributed by atoms with E-state index in [0.29, 0.717) is 0 Å². The number of aromatic hydroxyl groups is 1. The van der Waals surface area contributed by atoms with Gasteiger partial charge >= 0.3 is 0 Å². The molecule has 3 aromatic rings. The van der Waals surface area contributed by atoms with Crippen LogP contribution in [0.15, 0.2) is 64.8 Å². The van der Waals surface area contributed by atoms with Crippen molar-refractivity contribution in [3.63, 3.8) is 0 Å². The number of benzene rings is 3. The number of phenols is 1. The van der Waals surface area contributed by atoms with E-state index in [1.165, 1.54) is 0 Å². The van der Waals surface area contributed by atoms with Crippen LogP contribution in [0, 0.1) is 13.8 Å². The molecule has 21 heavy (non-hydrogen) atoms. The van der Waals surface area contributed by atoms with Gasteiger partial charge < -0.3 is 5.11 Å². The minimum Gasteiger partial charge on any atom is -0.507 e. The second-order valence-corrected chi connectivity index (χ2v) is 5.14. The van der Waals surface area contributed by atoms with E-state index in [1.54, 1.807) is 12.1 Å². The first-order valence-electron chi connectivity index (χ1n) is 6.85. The average Bonchev–Trinajstić information content (AvgIpc) is 2.50. The molecule has 104 valence electrons. The molecule has 0 atom stereocenters. The lowest BCUT2D eigenvalue weighted by Crippen LogP contribution is -1.77. The maximum Gasteiger partial charge on any atom is 0.123 e. The van der Waals surface area contributed by atoms with Crippen molar-refractivity contribution in [1.82, 2.24) is 0 Å². The molecule has 0 aromatic heterocycles. The van der Waals surface area contributed by atoms with Crippen LogP contribution in [0.4, 0.5) is 11.4 Å². The quantitative estimate of drug-likeness (QED) is 0.610. The van der Waals surface area contributed by atoms with Crippen LogP contribution >= 0.6 is 0 Å². The molecule has 0 bridgehead atoms. The van der Waals surface area contributed by atoms with Crippen LogP contribution in [-0.2, 0) is 0 Å². The molecule has 3 rings (SSSR count). The molecule has 0 aliphatic rings. The third kappa shape index (κ3) is 2.63. The predicted molar refractivity (Wildman–Crippen MR) is 85.7 cm³/mol. The largest absolute Gasteiger partial charge is 0.507 e. The molecule has 0 aliphatic carbocycles. The smallest absolute Gasteiger partial charge is 0.123 e. The van der Waals surface area contributed by atoms with Gasteiger partial charge in [-0.1, -0.05) is 36.4 Å². The van der Waals surface area contributed by atoms with Crippen molar-refractivity contribution >= 4 is 22.1 Å². The van der Waals surface area contributed by atoms with Crippen molar-refractivity contribution in [3.05, 3.63) is 65.7 Å². The first-order valence-corrected chi connectivity index (χ1v) is 6.85. The number of fused-ring (bicyclic) bond motifs is 1. The van der Waals surface area contributed by atoms with Gasteiger partial charge in [0.25, 0.3) is 0 Å². The van der Waals surface area contributed by atoms with Crippen molar-refractivity contribution in [2.24, 2.45) is 10.2 Å². The van der Waals surface area contributed by atoms with Gasteiger partial charge in [0.15, 0.2) is 0 Å². The van der Waals surface area contributed by atoms with Crippen LogP contribution in [0.5, 0.6) is 5.75 Å². The summed E-state index contributed by atoms with van der Waals surface area (Å²) in [6.45, 7) is 4.05. The van der Waals surface area contributed by atoms with Gasteiger partial charge in [-0.05, 0) is 43.2 Å². The molecular weight excluding hydrogens is 260 g/mol. The zero-order valence-corrected chi connectivity index (χ0v) is 12.0. The zero-order chi connectivity index (χ0) is 14.8. The SMILES string of the molecule is Cc1ccc(C)c(N=Nc2ccc(O)c3ccccc23)c1. The summed E-state index contributed by atoms with van der Waals surface area (Å²) in [5, 5.41) is 20.3. The Kier molecular flexibility index (Phi) is 3.40. The highest BCUT2D eigenvalue weighted by atomic mass is 16.3. The Morgan fingerprint density at radius 2 is 1.48 bits per heavy atom. The minimum absolute atomic E-state index is 0.260. The molecule has 0 saturated heterocycles. The van der Waals surface area contributed by atoms with Gasteiger partial charge in [-0.2, -0.15) is 5.11 Å². The van der Waals surface area contributed by atoms with Gasteiger partial charge in [0.2, 0.25) is 0 Å². The molecule has 3 nitrogen and oxygen atoms in total. The Hall–Kier alpha value is -2.68. The fourth-order valence-electron chi connectivity index (χ4n) is 2.29. The van der Waals surface area contributed by atoms with Crippen LogP contribution < -0.4 is 0 Å². The van der Waals surface area contributed by atoms with Crippen molar-refractivity contribution in [2.45, 2.75) is 13.8 Å². The summed E-state index contributed by atoms with van der Waals surface area (Å²) in [5.41, 5.74) is 3.87. The number of phenolic OH excluding ortho intramolecular Hbond substituents is 1. The lowest BCUT2D eigenvalue weighted by molar-refractivity contribution is 0.481. The average molecular weight is 276 g/mol. The number of azo groups is 1. The highest BCUT2D eigenvalue weighted by Crippen LogP contribution is 2.33. The first-order chi connectivity index (χ1) is 10.1. The third-order valence-corrected chi connectivity index (χ3v) is 3.51. The number of aryl methyl sites for hydroxylation is 2. The Balaban J connectivity index is 2.08. The van der Waals surface area contributed by atoms with Crippen molar-refractivity contribution < 1.29 is 5.11 Å². The number of hydrogen-bond acceptors (Lipinski definition) is 3. The van der Waals surface area contributed by atoms with E-state index in [2.05, 4.69) is 16.3 Å². The van der Waals surface area contributed by atoms with E-state index in [0.717, 1.165) is 33.3 Å². The summed E-state index contributed by atoms with van der Waals surface area (Å²) < 4.78 is 0. The molecule has 0 spiro atoms. The van der Waals surface area contributed by atoms with Gasteiger partial charge in [0, 0.05) is 10.8 Å². The van der Waals surface area contributed by atoms with Crippen LogP contribution in [0.2, 0.25) is 0 Å². The highest BCUT2D eigenvalue weighted by Gasteiger charge is 2.04. The molecule has 0 radical (unpaired) electrons. The molecule has 1 N–H and O–H groups in total. The molecule has 0 amide bonds. The second-order valence-electron chi connectivity index (χ2n) is 5.14. The molecule has 0 saturated carbocycles. The Bertz CT molecular complexity index is 838. The number of nitrogens with zero attached hydrogens (tertiary/aromatic N) is 2. The summed E-state index contributed by atoms with van der Waals surface area (Å²) >= 11 is 0. The first kappa shape index (κ1) is 13.3. The van der Waals surface area contributed by atoms with Gasteiger partial charge in [-0.15, -0.1) is 5.11 Å². The van der Waals surface area contributed by atoms with E-state index in [4.69, 9.17) is 0 Å². The summed E-state index contributed by atoms with van der Waals surface area (Å²) in [6.07, 6.45) is 0. The van der Waals surface area contributed by atoms with Crippen molar-refractivity contribution in [2.75, 3.05) is 0 Å². The number of rotatable bonds is 2. The van der Waals surface area contributed by atoms with Gasteiger partial charge in [-0.3, -0.25) is 0 Å². The lowest BCUT2D eigenvalue weighted by Gasteiger charge is -2.04. The summed E-state index contributed by atoms with van der Waals surface area (Å²) in [7, 11) is 0. The lowest BCUT2D eigenvalue weighted by atomic mass is 10.1. The highest BCUT2D eigenvalue weighted by molar-refractivity contribution is 5.96. The van der Waals surface area contributed by atoms with Crippen LogP contribution in [0.1, 0.15) is 11.1 Å². The molecule has 0 fully saturated rings. The van der Waals surface area contributed by atoms with Gasteiger partial charge in [0.05, 0.1) is 11.4 Å². The maximum atomic E-state index is 9.89. The van der Waals surface area contributed by atoms with Gasteiger partial charge in [0.1, 0.15) is 5.75 Å². The van der Waals surface area contributed by atoms with E-state index >= 15 is 0 Å². The zero-order valence-electron chi connectivity index (χ0n) is 12.0. The summed E-state index contributed by atoms with van der Waals surface area (Å²) in [5.74, 6) is 0.260. The summed E-state index contributed by atoms with van der Waals surface area (Å²) in [6, 6.07) is 17.2. The Morgan fingerprint density at radius 3 is 2.29 bits per heavy atom. The Morgan fingerprint density at radius 1 is 0.762 bits per heavy atom. The van der Waals surface area contributed by atoms with E-state index in [1.807, 2.05) is 50.2 Å². The number of hydrogen-bond donors (Lipinski definition) is 1. The molecule has 3 heteroatoms. The maximum absolute atomic E-state index is 9.89. The molecular formula is C18H16N2O. The monoisotopic (exact) mass is 276 g/mol. The minimum atomic E-state index is 0.260. The molecule has 0 aliphatic heterocycles. The van der Waals surface area contributed by atoms with Gasteiger partial charge in [-0.25, -0.2) is 0 Å². The second kappa shape index (κ2) is 5.37. The normalized spacial score (nSPS) is 11.3. The standard InChI is InChI=1S/C18H16N2O/c1-12-7-8-13(2)17(11-12)20-19-16-9-10-18(21)15-6-4-3-5-14(15)16/h3-11,21H,1-2H3. The fraction of sp³-hybridized carbons (Fsp3) is 0.111. The molecule has 3 aromatic carbocycles.